The highest BCUT2D eigenvalue weighted by molar-refractivity contribution is 7.99. The Kier molecular flexibility index (Phi) is 6.09. The highest BCUT2D eigenvalue weighted by Gasteiger charge is 2.25. The number of carbonyl (C=O) groups excluding carboxylic acids is 1. The van der Waals surface area contributed by atoms with Gasteiger partial charge in [-0.3, -0.25) is 4.79 Å². The quantitative estimate of drug-likeness (QED) is 0.621. The largest absolute Gasteiger partial charge is 0.342 e. The topological polar surface area (TPSA) is 77.0 Å². The third kappa shape index (κ3) is 4.15. The van der Waals surface area contributed by atoms with Crippen LogP contribution in [0.5, 0.6) is 0 Å². The summed E-state index contributed by atoms with van der Waals surface area (Å²) < 4.78 is 1.39. The maximum Gasteiger partial charge on any atom is 0.233 e. The molecule has 1 aromatic carbocycles. The maximum atomic E-state index is 12.5. The number of hydrogen-bond acceptors (Lipinski definition) is 5. The summed E-state index contributed by atoms with van der Waals surface area (Å²) in [4.78, 5) is 14.4. The molecule has 0 radical (unpaired) electrons. The molecule has 2 N–H and O–H groups in total. The molecule has 1 fully saturated rings. The molecule has 1 amide bonds. The predicted octanol–water partition coefficient (Wildman–Crippen LogP) is 3.44. The van der Waals surface area contributed by atoms with Crippen molar-refractivity contribution in [1.82, 2.24) is 19.8 Å². The maximum absolute atomic E-state index is 12.5. The lowest BCUT2D eigenvalue weighted by atomic mass is 9.87. The van der Waals surface area contributed by atoms with Gasteiger partial charge in [-0.25, -0.2) is 4.68 Å². The second kappa shape index (κ2) is 8.31. The first-order chi connectivity index (χ1) is 12.5. The Hall–Kier alpha value is -1.73. The number of amides is 1. The number of aromatic nitrogens is 3. The van der Waals surface area contributed by atoms with E-state index in [-0.39, 0.29) is 5.91 Å². The smallest absolute Gasteiger partial charge is 0.233 e. The van der Waals surface area contributed by atoms with Crippen LogP contribution in [0.4, 0.5) is 0 Å². The van der Waals surface area contributed by atoms with Gasteiger partial charge in [-0.2, -0.15) is 0 Å². The number of benzene rings is 1. The highest BCUT2D eigenvalue weighted by Crippen LogP contribution is 2.29. The van der Waals surface area contributed by atoms with Crippen molar-refractivity contribution < 1.29 is 4.79 Å². The van der Waals surface area contributed by atoms with Crippen molar-refractivity contribution in [2.45, 2.75) is 43.8 Å². The van der Waals surface area contributed by atoms with E-state index in [0.717, 1.165) is 24.3 Å². The van der Waals surface area contributed by atoms with E-state index in [0.29, 0.717) is 27.8 Å². The fourth-order valence-corrected chi connectivity index (χ4v) is 4.26. The van der Waals surface area contributed by atoms with E-state index in [9.17, 15) is 4.79 Å². The van der Waals surface area contributed by atoms with Gasteiger partial charge >= 0.3 is 0 Å². The number of hydrogen-bond donors (Lipinski definition) is 1. The van der Waals surface area contributed by atoms with Crippen LogP contribution in [0.2, 0.25) is 5.02 Å². The zero-order valence-electron chi connectivity index (χ0n) is 15.1. The van der Waals surface area contributed by atoms with Gasteiger partial charge in [-0.15, -0.1) is 10.2 Å². The third-order valence-electron chi connectivity index (χ3n) is 5.03. The molecule has 0 atom stereocenters. The van der Waals surface area contributed by atoms with Crippen LogP contribution in [0.1, 0.15) is 32.6 Å². The first-order valence-corrected chi connectivity index (χ1v) is 10.2. The molecule has 0 saturated heterocycles. The summed E-state index contributed by atoms with van der Waals surface area (Å²) in [6, 6.07) is 7.68. The molecule has 140 valence electrons. The number of nitrogen functional groups attached to an aromatic ring is 1. The van der Waals surface area contributed by atoms with Crippen LogP contribution >= 0.6 is 23.4 Å². The van der Waals surface area contributed by atoms with E-state index in [1.54, 1.807) is 6.07 Å². The molecule has 6 nitrogen and oxygen atoms in total. The monoisotopic (exact) mass is 393 g/mol. The van der Waals surface area contributed by atoms with Crippen LogP contribution in [0.15, 0.2) is 29.4 Å². The van der Waals surface area contributed by atoms with E-state index in [2.05, 4.69) is 17.1 Å². The number of halogens is 1. The first-order valence-electron chi connectivity index (χ1n) is 8.81. The Labute approximate surface area is 163 Å². The third-order valence-corrected chi connectivity index (χ3v) is 6.29. The minimum absolute atomic E-state index is 0.0943. The fraction of sp³-hybridized carbons (Fsp3) is 0.500. The SMILES string of the molecule is CC1CCC(N(C)C(=O)CSc2nnc(-c3ccccc3Cl)n2N)CC1. The Morgan fingerprint density at radius 1 is 1.31 bits per heavy atom. The predicted molar refractivity (Wildman–Crippen MR) is 106 cm³/mol. The molecule has 8 heteroatoms. The number of thioether (sulfide) groups is 1. The van der Waals surface area contributed by atoms with Gasteiger partial charge in [-0.1, -0.05) is 42.4 Å². The van der Waals surface area contributed by atoms with Crippen molar-refractivity contribution in [3.63, 3.8) is 0 Å². The van der Waals surface area contributed by atoms with E-state index in [1.807, 2.05) is 30.1 Å². The molecular weight excluding hydrogens is 370 g/mol. The second-order valence-electron chi connectivity index (χ2n) is 6.86. The van der Waals surface area contributed by atoms with E-state index >= 15 is 0 Å². The van der Waals surface area contributed by atoms with Crippen LogP contribution in [0, 0.1) is 5.92 Å². The Bertz CT molecular complexity index is 773. The van der Waals surface area contributed by atoms with E-state index in [4.69, 9.17) is 17.4 Å². The standard InChI is InChI=1S/C18H24ClN5OS/c1-12-7-9-13(10-8-12)23(2)16(25)11-26-18-22-21-17(24(18)20)14-5-3-4-6-15(14)19/h3-6,12-13H,7-11,20H2,1-2H3. The lowest BCUT2D eigenvalue weighted by Crippen LogP contribution is -2.40. The van der Waals surface area contributed by atoms with Crippen LogP contribution in [-0.2, 0) is 4.79 Å². The Balaban J connectivity index is 1.62. The lowest BCUT2D eigenvalue weighted by Gasteiger charge is -2.33. The number of nitrogens with zero attached hydrogens (tertiary/aromatic N) is 4. The molecular formula is C18H24ClN5OS. The first kappa shape index (κ1) is 19.0. The normalized spacial score (nSPS) is 20.1. The van der Waals surface area contributed by atoms with E-state index in [1.165, 1.54) is 29.3 Å². The van der Waals surface area contributed by atoms with Gasteiger partial charge in [0.25, 0.3) is 0 Å². The van der Waals surface area contributed by atoms with Crippen molar-refractivity contribution in [3.8, 4) is 11.4 Å². The molecule has 1 aliphatic rings. The van der Waals surface area contributed by atoms with Gasteiger partial charge in [-0.05, 0) is 43.7 Å². The summed E-state index contributed by atoms with van der Waals surface area (Å²) in [5.41, 5.74) is 0.718. The Morgan fingerprint density at radius 3 is 2.69 bits per heavy atom. The van der Waals surface area contributed by atoms with Gasteiger partial charge in [0.1, 0.15) is 0 Å². The van der Waals surface area contributed by atoms with Crippen LogP contribution in [-0.4, -0.2) is 44.5 Å². The van der Waals surface area contributed by atoms with Gasteiger partial charge in [0.05, 0.1) is 10.8 Å². The Morgan fingerprint density at radius 2 is 2.00 bits per heavy atom. The minimum Gasteiger partial charge on any atom is -0.342 e. The van der Waals surface area contributed by atoms with Gasteiger partial charge in [0.2, 0.25) is 11.1 Å². The summed E-state index contributed by atoms with van der Waals surface area (Å²) >= 11 is 7.50. The molecule has 0 bridgehead atoms. The molecule has 26 heavy (non-hydrogen) atoms. The molecule has 0 aliphatic heterocycles. The molecule has 1 saturated carbocycles. The zero-order valence-corrected chi connectivity index (χ0v) is 16.6. The van der Waals surface area contributed by atoms with Crippen molar-refractivity contribution >= 4 is 29.3 Å². The van der Waals surface area contributed by atoms with Gasteiger partial charge in [0.15, 0.2) is 5.82 Å². The average Bonchev–Trinajstić information content (AvgIpc) is 3.00. The van der Waals surface area contributed by atoms with Crippen molar-refractivity contribution in [1.29, 1.82) is 0 Å². The zero-order chi connectivity index (χ0) is 18.7. The molecule has 3 rings (SSSR count). The van der Waals surface area contributed by atoms with Crippen LogP contribution in [0.3, 0.4) is 0 Å². The summed E-state index contributed by atoms with van der Waals surface area (Å²) in [6.45, 7) is 2.28. The lowest BCUT2D eigenvalue weighted by molar-refractivity contribution is -0.129. The highest BCUT2D eigenvalue weighted by atomic mass is 35.5. The van der Waals surface area contributed by atoms with Gasteiger partial charge in [0, 0.05) is 18.7 Å². The second-order valence-corrected chi connectivity index (χ2v) is 8.21. The number of rotatable bonds is 5. The summed E-state index contributed by atoms with van der Waals surface area (Å²) in [5, 5.41) is 9.29. The summed E-state index contributed by atoms with van der Waals surface area (Å²) in [7, 11) is 1.89. The molecule has 0 spiro atoms. The van der Waals surface area contributed by atoms with Crippen molar-refractivity contribution in [2.24, 2.45) is 5.92 Å². The van der Waals surface area contributed by atoms with Crippen LogP contribution in [0.25, 0.3) is 11.4 Å². The van der Waals surface area contributed by atoms with Crippen molar-refractivity contribution in [2.75, 3.05) is 18.6 Å². The van der Waals surface area contributed by atoms with Crippen molar-refractivity contribution in [3.05, 3.63) is 29.3 Å². The summed E-state index contributed by atoms with van der Waals surface area (Å²) in [5.74, 6) is 7.75. The van der Waals surface area contributed by atoms with Gasteiger partial charge < -0.3 is 10.7 Å². The molecule has 0 unspecified atom stereocenters. The van der Waals surface area contributed by atoms with Crippen LogP contribution < -0.4 is 5.84 Å². The fourth-order valence-electron chi connectivity index (χ4n) is 3.26. The summed E-state index contributed by atoms with van der Waals surface area (Å²) in [6.07, 6.45) is 4.54. The minimum atomic E-state index is 0.0943. The molecule has 1 heterocycles. The average molecular weight is 394 g/mol. The van der Waals surface area contributed by atoms with E-state index < -0.39 is 0 Å². The number of nitrogens with two attached hydrogens (primary N) is 1. The molecule has 2 aromatic rings. The molecule has 1 aromatic heterocycles. The number of carbonyl (C=O) groups is 1. The molecule has 1 aliphatic carbocycles.